The van der Waals surface area contributed by atoms with Crippen molar-refractivity contribution in [3.63, 3.8) is 0 Å². The summed E-state index contributed by atoms with van der Waals surface area (Å²) in [5.74, 6) is 0.901. The molecule has 2 fully saturated rings. The van der Waals surface area contributed by atoms with E-state index in [1.807, 2.05) is 0 Å². The van der Waals surface area contributed by atoms with Crippen molar-refractivity contribution in [1.82, 2.24) is 5.32 Å². The third-order valence-corrected chi connectivity index (χ3v) is 5.42. The van der Waals surface area contributed by atoms with Crippen LogP contribution in [0, 0.1) is 11.3 Å². The number of rotatable bonds is 3. The predicted molar refractivity (Wildman–Crippen MR) is 76.8 cm³/mol. The molecule has 0 bridgehead atoms. The van der Waals surface area contributed by atoms with Crippen LogP contribution in [0.4, 0.5) is 0 Å². The van der Waals surface area contributed by atoms with E-state index in [4.69, 9.17) is 0 Å². The van der Waals surface area contributed by atoms with Gasteiger partial charge < -0.3 is 10.4 Å². The van der Waals surface area contributed by atoms with Crippen LogP contribution < -0.4 is 5.32 Å². The highest BCUT2D eigenvalue weighted by Crippen LogP contribution is 2.38. The van der Waals surface area contributed by atoms with Gasteiger partial charge in [-0.1, -0.05) is 33.1 Å². The summed E-state index contributed by atoms with van der Waals surface area (Å²) in [7, 11) is 0. The molecule has 3 heteroatoms. The van der Waals surface area contributed by atoms with Crippen molar-refractivity contribution in [2.24, 2.45) is 11.3 Å². The van der Waals surface area contributed by atoms with Gasteiger partial charge in [-0.05, 0) is 44.4 Å². The monoisotopic (exact) mass is 267 g/mol. The Morgan fingerprint density at radius 2 is 1.74 bits per heavy atom. The second-order valence-corrected chi connectivity index (χ2v) is 7.20. The third kappa shape index (κ3) is 3.31. The van der Waals surface area contributed by atoms with Gasteiger partial charge in [0.05, 0.1) is 12.1 Å². The van der Waals surface area contributed by atoms with Crippen molar-refractivity contribution in [2.45, 2.75) is 77.2 Å². The highest BCUT2D eigenvalue weighted by atomic mass is 16.3. The molecule has 2 aliphatic carbocycles. The highest BCUT2D eigenvalue weighted by molar-refractivity contribution is 5.83. The standard InChI is InChI=1S/C16H29NO2/c1-13-6-10-16(12-18,11-7-13)17-14(19)15(2)8-4-3-5-9-15/h13,18H,3-12H2,1-2H3,(H,17,19). The van der Waals surface area contributed by atoms with Gasteiger partial charge in [0.1, 0.15) is 0 Å². The fourth-order valence-corrected chi connectivity index (χ4v) is 3.59. The van der Waals surface area contributed by atoms with E-state index in [-0.39, 0.29) is 23.5 Å². The van der Waals surface area contributed by atoms with Gasteiger partial charge in [0.15, 0.2) is 0 Å². The maximum atomic E-state index is 12.6. The first-order valence-corrected chi connectivity index (χ1v) is 7.93. The summed E-state index contributed by atoms with van der Waals surface area (Å²) in [6.45, 7) is 4.44. The summed E-state index contributed by atoms with van der Waals surface area (Å²) < 4.78 is 0. The van der Waals surface area contributed by atoms with Crippen LogP contribution in [-0.4, -0.2) is 23.2 Å². The van der Waals surface area contributed by atoms with Crippen molar-refractivity contribution < 1.29 is 9.90 Å². The molecule has 0 atom stereocenters. The zero-order valence-electron chi connectivity index (χ0n) is 12.5. The summed E-state index contributed by atoms with van der Waals surface area (Å²) in [5, 5.41) is 13.0. The predicted octanol–water partition coefficient (Wildman–Crippen LogP) is 3.01. The van der Waals surface area contributed by atoms with E-state index in [9.17, 15) is 9.90 Å². The maximum absolute atomic E-state index is 12.6. The van der Waals surface area contributed by atoms with Crippen LogP contribution in [0.5, 0.6) is 0 Å². The largest absolute Gasteiger partial charge is 0.394 e. The van der Waals surface area contributed by atoms with Crippen LogP contribution in [-0.2, 0) is 4.79 Å². The molecule has 3 nitrogen and oxygen atoms in total. The summed E-state index contributed by atoms with van der Waals surface area (Å²) in [5.41, 5.74) is -0.548. The Hall–Kier alpha value is -0.570. The molecule has 2 rings (SSSR count). The van der Waals surface area contributed by atoms with Gasteiger partial charge in [0, 0.05) is 5.41 Å². The first kappa shape index (κ1) is 14.8. The van der Waals surface area contributed by atoms with Crippen molar-refractivity contribution in [3.05, 3.63) is 0 Å². The fraction of sp³-hybridized carbons (Fsp3) is 0.938. The molecule has 0 saturated heterocycles. The van der Waals surface area contributed by atoms with E-state index in [1.165, 1.54) is 6.42 Å². The molecule has 0 heterocycles. The lowest BCUT2D eigenvalue weighted by Gasteiger charge is -2.42. The zero-order valence-corrected chi connectivity index (χ0v) is 12.5. The molecule has 0 aliphatic heterocycles. The lowest BCUT2D eigenvalue weighted by molar-refractivity contribution is -0.135. The zero-order chi connectivity index (χ0) is 13.9. The fourth-order valence-electron chi connectivity index (χ4n) is 3.59. The van der Waals surface area contributed by atoms with Gasteiger partial charge in [0.2, 0.25) is 5.91 Å². The molecule has 0 aromatic carbocycles. The van der Waals surface area contributed by atoms with E-state index in [1.54, 1.807) is 0 Å². The van der Waals surface area contributed by atoms with Gasteiger partial charge in [-0.2, -0.15) is 0 Å². The van der Waals surface area contributed by atoms with Gasteiger partial charge in [-0.25, -0.2) is 0 Å². The molecule has 19 heavy (non-hydrogen) atoms. The molecule has 0 aromatic rings. The number of nitrogens with one attached hydrogen (secondary N) is 1. The van der Waals surface area contributed by atoms with E-state index < -0.39 is 0 Å². The molecular weight excluding hydrogens is 238 g/mol. The van der Waals surface area contributed by atoms with Crippen LogP contribution in [0.15, 0.2) is 0 Å². The van der Waals surface area contributed by atoms with Crippen molar-refractivity contribution in [3.8, 4) is 0 Å². The second kappa shape index (κ2) is 5.82. The molecule has 0 aromatic heterocycles. The number of hydrogen-bond donors (Lipinski definition) is 2. The number of carbonyl (C=O) groups excluding carboxylic acids is 1. The first-order valence-electron chi connectivity index (χ1n) is 7.93. The topological polar surface area (TPSA) is 49.3 Å². The Morgan fingerprint density at radius 1 is 1.16 bits per heavy atom. The van der Waals surface area contributed by atoms with Crippen LogP contribution in [0.25, 0.3) is 0 Å². The van der Waals surface area contributed by atoms with Gasteiger partial charge in [0.25, 0.3) is 0 Å². The highest BCUT2D eigenvalue weighted by Gasteiger charge is 2.41. The Balaban J connectivity index is 1.99. The quantitative estimate of drug-likeness (QED) is 0.826. The van der Waals surface area contributed by atoms with Crippen LogP contribution >= 0.6 is 0 Å². The summed E-state index contributed by atoms with van der Waals surface area (Å²) in [6.07, 6.45) is 9.63. The van der Waals surface area contributed by atoms with Gasteiger partial charge >= 0.3 is 0 Å². The van der Waals surface area contributed by atoms with Crippen molar-refractivity contribution in [1.29, 1.82) is 0 Å². The minimum atomic E-state index is -0.343. The Bertz CT molecular complexity index is 313. The van der Waals surface area contributed by atoms with Gasteiger partial charge in [-0.15, -0.1) is 0 Å². The summed E-state index contributed by atoms with van der Waals surface area (Å²) in [4.78, 5) is 12.6. The lowest BCUT2D eigenvalue weighted by atomic mass is 9.73. The molecule has 0 spiro atoms. The number of hydrogen-bond acceptors (Lipinski definition) is 2. The molecule has 110 valence electrons. The Kier molecular flexibility index (Phi) is 4.54. The average molecular weight is 267 g/mol. The van der Waals surface area contributed by atoms with Gasteiger partial charge in [-0.3, -0.25) is 4.79 Å². The lowest BCUT2D eigenvalue weighted by Crippen LogP contribution is -2.57. The van der Waals surface area contributed by atoms with E-state index >= 15 is 0 Å². The third-order valence-electron chi connectivity index (χ3n) is 5.42. The Labute approximate surface area is 117 Å². The van der Waals surface area contributed by atoms with Crippen LogP contribution in [0.1, 0.15) is 71.6 Å². The Morgan fingerprint density at radius 3 is 2.26 bits per heavy atom. The molecular formula is C16H29NO2. The number of carbonyl (C=O) groups is 1. The smallest absolute Gasteiger partial charge is 0.226 e. The SMILES string of the molecule is CC1CCC(CO)(NC(=O)C2(C)CCCCC2)CC1. The minimum absolute atomic E-state index is 0.0849. The van der Waals surface area contributed by atoms with Crippen LogP contribution in [0.2, 0.25) is 0 Å². The summed E-state index contributed by atoms with van der Waals surface area (Å²) in [6, 6.07) is 0. The van der Waals surface area contributed by atoms with Crippen molar-refractivity contribution >= 4 is 5.91 Å². The number of aliphatic hydroxyl groups is 1. The van der Waals surface area contributed by atoms with E-state index in [2.05, 4.69) is 19.2 Å². The van der Waals surface area contributed by atoms with E-state index in [0.717, 1.165) is 57.3 Å². The molecule has 2 saturated carbocycles. The average Bonchev–Trinajstić information content (AvgIpc) is 2.42. The summed E-state index contributed by atoms with van der Waals surface area (Å²) >= 11 is 0. The number of aliphatic hydroxyl groups excluding tert-OH is 1. The normalized spacial score (nSPS) is 34.8. The van der Waals surface area contributed by atoms with Crippen molar-refractivity contribution in [2.75, 3.05) is 6.61 Å². The second-order valence-electron chi connectivity index (χ2n) is 7.20. The molecule has 0 radical (unpaired) electrons. The van der Waals surface area contributed by atoms with Crippen LogP contribution in [0.3, 0.4) is 0 Å². The molecule has 2 N–H and O–H groups in total. The van der Waals surface area contributed by atoms with E-state index in [0.29, 0.717) is 0 Å². The minimum Gasteiger partial charge on any atom is -0.394 e. The molecule has 1 amide bonds. The number of amides is 1. The first-order chi connectivity index (χ1) is 9.00. The molecule has 0 unspecified atom stereocenters. The molecule has 2 aliphatic rings. The maximum Gasteiger partial charge on any atom is 0.226 e.